The predicted molar refractivity (Wildman–Crippen MR) is 111 cm³/mol. The molecule has 2 N–H and O–H groups in total. The number of anilines is 2. The van der Waals surface area contributed by atoms with Crippen LogP contribution in [0.4, 0.5) is 24.5 Å². The van der Waals surface area contributed by atoms with Crippen molar-refractivity contribution in [1.82, 2.24) is 0 Å². The molecule has 0 saturated carbocycles. The lowest BCUT2D eigenvalue weighted by atomic mass is 10.1. The molecule has 2 amide bonds. The van der Waals surface area contributed by atoms with Crippen LogP contribution < -0.4 is 20.1 Å². The molecule has 0 bridgehead atoms. The average molecular weight is 442 g/mol. The van der Waals surface area contributed by atoms with Crippen LogP contribution >= 0.6 is 0 Å². The summed E-state index contributed by atoms with van der Waals surface area (Å²) >= 11 is 0. The molecule has 0 radical (unpaired) electrons. The zero-order chi connectivity index (χ0) is 22.7. The first-order chi connectivity index (χ1) is 15.3. The van der Waals surface area contributed by atoms with E-state index in [9.17, 15) is 22.8 Å². The van der Waals surface area contributed by atoms with Gasteiger partial charge in [-0.25, -0.2) is 0 Å². The molecule has 1 aliphatic rings. The van der Waals surface area contributed by atoms with Gasteiger partial charge in [-0.05, 0) is 54.1 Å². The fourth-order valence-corrected chi connectivity index (χ4v) is 3.23. The minimum atomic E-state index is -4.79. The monoisotopic (exact) mass is 442 g/mol. The maximum absolute atomic E-state index is 12.6. The van der Waals surface area contributed by atoms with Gasteiger partial charge in [0.15, 0.2) is 6.10 Å². The van der Waals surface area contributed by atoms with E-state index in [-0.39, 0.29) is 17.2 Å². The van der Waals surface area contributed by atoms with Crippen molar-refractivity contribution in [2.45, 2.75) is 18.9 Å². The van der Waals surface area contributed by atoms with Crippen molar-refractivity contribution in [3.63, 3.8) is 0 Å². The molecule has 3 aromatic rings. The van der Waals surface area contributed by atoms with Crippen LogP contribution in [0.15, 0.2) is 72.8 Å². The Hall–Kier alpha value is -4.01. The predicted octanol–water partition coefficient (Wildman–Crippen LogP) is 4.78. The van der Waals surface area contributed by atoms with E-state index >= 15 is 0 Å². The van der Waals surface area contributed by atoms with Gasteiger partial charge in [-0.3, -0.25) is 9.59 Å². The van der Waals surface area contributed by atoms with Crippen molar-refractivity contribution < 1.29 is 32.2 Å². The molecule has 1 heterocycles. The number of hydrogen-bond acceptors (Lipinski definition) is 4. The number of alkyl halides is 3. The maximum atomic E-state index is 12.6. The molecule has 0 fully saturated rings. The van der Waals surface area contributed by atoms with Crippen molar-refractivity contribution in [3.8, 4) is 11.5 Å². The molecule has 1 unspecified atom stereocenters. The molecule has 0 saturated heterocycles. The number of fused-ring (bicyclic) bond motifs is 1. The number of ether oxygens (including phenoxy) is 2. The van der Waals surface area contributed by atoms with Gasteiger partial charge in [0.2, 0.25) is 0 Å². The number of carbonyl (C=O) groups excluding carboxylic acids is 2. The number of amides is 2. The normalized spacial score (nSPS) is 14.8. The standard InChI is InChI=1S/C23H17F3N2O4/c24-23(25,26)32-18-10-8-16(9-11-18)27-21(29)15-5-3-6-17(12-15)28-22(30)20-13-14-4-1-2-7-19(14)31-20/h1-12,20H,13H2,(H,27,29)(H,28,30). The summed E-state index contributed by atoms with van der Waals surface area (Å²) in [6.45, 7) is 0. The highest BCUT2D eigenvalue weighted by Crippen LogP contribution is 2.29. The number of halogens is 3. The van der Waals surface area contributed by atoms with E-state index in [1.54, 1.807) is 24.3 Å². The molecule has 3 aromatic carbocycles. The summed E-state index contributed by atoms with van der Waals surface area (Å²) < 4.78 is 46.2. The molecule has 0 aromatic heterocycles. The van der Waals surface area contributed by atoms with Crippen LogP contribution in [0.1, 0.15) is 15.9 Å². The summed E-state index contributed by atoms with van der Waals surface area (Å²) in [7, 11) is 0. The largest absolute Gasteiger partial charge is 0.573 e. The van der Waals surface area contributed by atoms with Gasteiger partial charge in [-0.1, -0.05) is 24.3 Å². The number of hydrogen-bond donors (Lipinski definition) is 2. The lowest BCUT2D eigenvalue weighted by Gasteiger charge is -2.12. The quantitative estimate of drug-likeness (QED) is 0.596. The number of rotatable bonds is 5. The fraction of sp³-hybridized carbons (Fsp3) is 0.130. The molecule has 9 heteroatoms. The minimum Gasteiger partial charge on any atom is -0.480 e. The molecule has 1 atom stereocenters. The zero-order valence-corrected chi connectivity index (χ0v) is 16.5. The fourth-order valence-electron chi connectivity index (χ4n) is 3.23. The lowest BCUT2D eigenvalue weighted by Crippen LogP contribution is -2.31. The second kappa shape index (κ2) is 8.62. The van der Waals surface area contributed by atoms with Gasteiger partial charge in [0.05, 0.1) is 0 Å². The lowest BCUT2D eigenvalue weighted by molar-refractivity contribution is -0.274. The van der Waals surface area contributed by atoms with Gasteiger partial charge in [0.1, 0.15) is 11.5 Å². The van der Waals surface area contributed by atoms with Gasteiger partial charge in [0.25, 0.3) is 11.8 Å². The number of para-hydroxylation sites is 1. The molecule has 0 aliphatic carbocycles. The maximum Gasteiger partial charge on any atom is 0.573 e. The molecule has 32 heavy (non-hydrogen) atoms. The third-order valence-corrected chi connectivity index (χ3v) is 4.68. The number of nitrogens with one attached hydrogen (secondary N) is 2. The van der Waals surface area contributed by atoms with Gasteiger partial charge < -0.3 is 20.1 Å². The molecule has 6 nitrogen and oxygen atoms in total. The topological polar surface area (TPSA) is 76.7 Å². The summed E-state index contributed by atoms with van der Waals surface area (Å²) in [5.74, 6) is -0.543. The summed E-state index contributed by atoms with van der Waals surface area (Å²) in [6.07, 6.45) is -5.00. The van der Waals surface area contributed by atoms with Gasteiger partial charge in [-0.15, -0.1) is 13.2 Å². The summed E-state index contributed by atoms with van der Waals surface area (Å²) in [6, 6.07) is 18.5. The first kappa shape index (κ1) is 21.2. The summed E-state index contributed by atoms with van der Waals surface area (Å²) in [5, 5.41) is 5.32. The van der Waals surface area contributed by atoms with Crippen molar-refractivity contribution in [3.05, 3.63) is 83.9 Å². The Morgan fingerprint density at radius 1 is 0.906 bits per heavy atom. The highest BCUT2D eigenvalue weighted by molar-refractivity contribution is 6.05. The summed E-state index contributed by atoms with van der Waals surface area (Å²) in [4.78, 5) is 25.1. The molecule has 1 aliphatic heterocycles. The Bertz CT molecular complexity index is 1120. The van der Waals surface area contributed by atoms with Crippen molar-refractivity contribution >= 4 is 23.2 Å². The van der Waals surface area contributed by atoms with E-state index in [1.807, 2.05) is 18.2 Å². The molecule has 4 rings (SSSR count). The van der Waals surface area contributed by atoms with E-state index in [1.165, 1.54) is 18.2 Å². The third kappa shape index (κ3) is 5.18. The van der Waals surface area contributed by atoms with E-state index < -0.39 is 24.1 Å². The van der Waals surface area contributed by atoms with Crippen LogP contribution in [0.25, 0.3) is 0 Å². The smallest absolute Gasteiger partial charge is 0.480 e. The minimum absolute atomic E-state index is 0.258. The van der Waals surface area contributed by atoms with Crippen molar-refractivity contribution in [2.75, 3.05) is 10.6 Å². The van der Waals surface area contributed by atoms with Crippen LogP contribution in [-0.2, 0) is 11.2 Å². The van der Waals surface area contributed by atoms with Gasteiger partial charge in [0, 0.05) is 23.4 Å². The Kier molecular flexibility index (Phi) is 5.72. The first-order valence-corrected chi connectivity index (χ1v) is 9.59. The van der Waals surface area contributed by atoms with Gasteiger partial charge >= 0.3 is 6.36 Å². The summed E-state index contributed by atoms with van der Waals surface area (Å²) in [5.41, 5.74) is 1.91. The number of benzene rings is 3. The van der Waals surface area contributed by atoms with Crippen LogP contribution in [0.2, 0.25) is 0 Å². The Labute approximate surface area is 181 Å². The van der Waals surface area contributed by atoms with Crippen LogP contribution in [0, 0.1) is 0 Å². The van der Waals surface area contributed by atoms with Crippen molar-refractivity contribution in [2.24, 2.45) is 0 Å². The van der Waals surface area contributed by atoms with E-state index in [0.29, 0.717) is 17.9 Å². The first-order valence-electron chi connectivity index (χ1n) is 9.59. The molecular weight excluding hydrogens is 425 g/mol. The molecule has 0 spiro atoms. The van der Waals surface area contributed by atoms with Crippen LogP contribution in [0.5, 0.6) is 11.5 Å². The highest BCUT2D eigenvalue weighted by Gasteiger charge is 2.31. The SMILES string of the molecule is O=C(Nc1ccc(OC(F)(F)F)cc1)c1cccc(NC(=O)C2Cc3ccccc3O2)c1. The van der Waals surface area contributed by atoms with Gasteiger partial charge in [-0.2, -0.15) is 0 Å². The van der Waals surface area contributed by atoms with E-state index in [2.05, 4.69) is 15.4 Å². The number of carbonyl (C=O) groups is 2. The van der Waals surface area contributed by atoms with Crippen LogP contribution in [0.3, 0.4) is 0 Å². The Morgan fingerprint density at radius 2 is 1.66 bits per heavy atom. The van der Waals surface area contributed by atoms with Crippen LogP contribution in [-0.4, -0.2) is 24.3 Å². The van der Waals surface area contributed by atoms with E-state index in [0.717, 1.165) is 17.7 Å². The second-order valence-corrected chi connectivity index (χ2v) is 7.01. The third-order valence-electron chi connectivity index (χ3n) is 4.68. The second-order valence-electron chi connectivity index (χ2n) is 7.01. The highest BCUT2D eigenvalue weighted by atomic mass is 19.4. The Balaban J connectivity index is 1.37. The average Bonchev–Trinajstić information content (AvgIpc) is 3.19. The zero-order valence-electron chi connectivity index (χ0n) is 16.5. The molecular formula is C23H17F3N2O4. The Morgan fingerprint density at radius 3 is 2.38 bits per heavy atom. The molecule has 164 valence electrons. The van der Waals surface area contributed by atoms with E-state index in [4.69, 9.17) is 4.74 Å². The van der Waals surface area contributed by atoms with Crippen molar-refractivity contribution in [1.29, 1.82) is 0 Å².